The Morgan fingerprint density at radius 3 is 2.67 bits per heavy atom. The van der Waals surface area contributed by atoms with Gasteiger partial charge < -0.3 is 14.9 Å². The summed E-state index contributed by atoms with van der Waals surface area (Å²) < 4.78 is 21.4. The van der Waals surface area contributed by atoms with Gasteiger partial charge in [0, 0.05) is 12.3 Å². The number of hydrogen-bond acceptors (Lipinski definition) is 7. The van der Waals surface area contributed by atoms with Crippen molar-refractivity contribution in [2.75, 3.05) is 0 Å². The van der Waals surface area contributed by atoms with Gasteiger partial charge in [-0.3, -0.25) is 9.59 Å². The number of hydrogen-bond donors (Lipinski definition) is 2. The normalized spacial score (nSPS) is 30.6. The van der Waals surface area contributed by atoms with E-state index in [-0.39, 0.29) is 36.8 Å². The first-order chi connectivity index (χ1) is 16.9. The molecule has 0 aliphatic carbocycles. The third-order valence-electron chi connectivity index (χ3n) is 7.39. The molecular formula is C28H38FNO5S. The zero-order valence-electron chi connectivity index (χ0n) is 21.8. The van der Waals surface area contributed by atoms with Gasteiger partial charge in [-0.25, -0.2) is 9.37 Å². The van der Waals surface area contributed by atoms with Gasteiger partial charge in [-0.2, -0.15) is 0 Å². The van der Waals surface area contributed by atoms with Gasteiger partial charge >= 0.3 is 5.97 Å². The number of aliphatic hydroxyl groups is 2. The average Bonchev–Trinajstić information content (AvgIpc) is 3.20. The second-order valence-electron chi connectivity index (χ2n) is 10.5. The second-order valence-corrected chi connectivity index (χ2v) is 11.7. The van der Waals surface area contributed by atoms with E-state index in [1.54, 1.807) is 25.2 Å². The highest BCUT2D eigenvalue weighted by atomic mass is 32.1. The van der Waals surface area contributed by atoms with Crippen molar-refractivity contribution in [3.8, 4) is 0 Å². The molecule has 6 nitrogen and oxygen atoms in total. The van der Waals surface area contributed by atoms with Crippen LogP contribution in [0.4, 0.5) is 4.39 Å². The van der Waals surface area contributed by atoms with Gasteiger partial charge in [0.25, 0.3) is 0 Å². The zero-order chi connectivity index (χ0) is 26.6. The third kappa shape index (κ3) is 6.58. The number of fused-ring (bicyclic) bond motifs is 1. The number of cyclic esters (lactones) is 1. The lowest BCUT2D eigenvalue weighted by molar-refractivity contribution is -0.156. The lowest BCUT2D eigenvalue weighted by atomic mass is 9.71. The minimum absolute atomic E-state index is 0.140. The van der Waals surface area contributed by atoms with Crippen molar-refractivity contribution >= 4 is 33.3 Å². The van der Waals surface area contributed by atoms with Crippen molar-refractivity contribution in [3.63, 3.8) is 0 Å². The fourth-order valence-electron chi connectivity index (χ4n) is 4.85. The van der Waals surface area contributed by atoms with E-state index in [4.69, 9.17) is 4.74 Å². The number of Topliss-reactive ketones (excluding diaryl/α,β-unsaturated/α-hetero) is 1. The highest BCUT2D eigenvalue weighted by Gasteiger charge is 2.43. The molecule has 0 saturated heterocycles. The maximum Gasteiger partial charge on any atom is 0.309 e. The highest BCUT2D eigenvalue weighted by molar-refractivity contribution is 7.18. The Morgan fingerprint density at radius 2 is 1.97 bits per heavy atom. The number of ether oxygens (including phenoxy) is 1. The van der Waals surface area contributed by atoms with Crippen LogP contribution in [0.5, 0.6) is 0 Å². The van der Waals surface area contributed by atoms with Crippen LogP contribution >= 0.6 is 11.3 Å². The quantitative estimate of drug-likeness (QED) is 0.474. The van der Waals surface area contributed by atoms with E-state index in [9.17, 15) is 24.2 Å². The van der Waals surface area contributed by atoms with Crippen LogP contribution in [0.1, 0.15) is 82.9 Å². The third-order valence-corrected chi connectivity index (χ3v) is 8.34. The molecule has 3 rings (SSSR count). The van der Waals surface area contributed by atoms with Crippen molar-refractivity contribution in [1.82, 2.24) is 4.98 Å². The van der Waals surface area contributed by atoms with Crippen molar-refractivity contribution in [2.45, 2.75) is 91.5 Å². The van der Waals surface area contributed by atoms with Crippen LogP contribution in [0.2, 0.25) is 0 Å². The molecule has 1 aromatic heterocycles. The van der Waals surface area contributed by atoms with Gasteiger partial charge in [0.1, 0.15) is 11.9 Å². The molecular weight excluding hydrogens is 481 g/mol. The van der Waals surface area contributed by atoms with Crippen molar-refractivity contribution < 1.29 is 28.9 Å². The number of carbonyl (C=O) groups is 2. The Kier molecular flexibility index (Phi) is 9.41. The van der Waals surface area contributed by atoms with E-state index < -0.39 is 35.6 Å². The fourth-order valence-corrected chi connectivity index (χ4v) is 5.66. The van der Waals surface area contributed by atoms with Crippen LogP contribution in [0.3, 0.4) is 0 Å². The molecule has 2 aromatic rings. The SMILES string of the molecule is CC[C@@H]1C(=O)C(C)(C)[C@@H](O)CC(=O)O[C@H](c2ccc3sc(C)nc3c2)C/C=C(/F)CCC[C@H](C)[C@@H]1O. The molecule has 0 radical (unpaired) electrons. The summed E-state index contributed by atoms with van der Waals surface area (Å²) in [5.74, 6) is -2.16. The standard InChI is InChI=1S/C28H38FNO5S/c1-6-20-26(33)16(2)8-7-9-19(29)11-12-22(18-10-13-23-21(14-18)30-17(3)36-23)35-25(32)15-24(31)28(4,5)27(20)34/h10-11,13-14,16,20,22,24,26,31,33H,6-9,12,15H2,1-5H3/b19-11+/t16-,20-,22-,24-,26-/m0/s1. The molecule has 0 bridgehead atoms. The van der Waals surface area contributed by atoms with Crippen LogP contribution in [0, 0.1) is 24.2 Å². The number of carbonyl (C=O) groups excluding carboxylic acids is 2. The summed E-state index contributed by atoms with van der Waals surface area (Å²) in [7, 11) is 0. The summed E-state index contributed by atoms with van der Waals surface area (Å²) in [4.78, 5) is 30.8. The highest BCUT2D eigenvalue weighted by Crippen LogP contribution is 2.35. The van der Waals surface area contributed by atoms with Crippen LogP contribution in [-0.4, -0.2) is 39.2 Å². The Morgan fingerprint density at radius 1 is 1.25 bits per heavy atom. The first-order valence-electron chi connectivity index (χ1n) is 12.8. The van der Waals surface area contributed by atoms with Gasteiger partial charge in [-0.05, 0) is 62.3 Å². The largest absolute Gasteiger partial charge is 0.457 e. The number of allylic oxidation sites excluding steroid dienone is 1. The number of benzene rings is 1. The van der Waals surface area contributed by atoms with E-state index in [0.717, 1.165) is 15.2 Å². The summed E-state index contributed by atoms with van der Waals surface area (Å²) in [5.41, 5.74) is 0.224. The fraction of sp³-hybridized carbons (Fsp3) is 0.607. The molecule has 2 heterocycles. The molecule has 198 valence electrons. The molecule has 1 aliphatic heterocycles. The summed E-state index contributed by atoms with van der Waals surface area (Å²) in [6, 6.07) is 5.61. The summed E-state index contributed by atoms with van der Waals surface area (Å²) in [6.45, 7) is 8.80. The molecule has 2 N–H and O–H groups in total. The Bertz CT molecular complexity index is 1110. The molecule has 0 fully saturated rings. The molecule has 1 aliphatic rings. The van der Waals surface area contributed by atoms with E-state index >= 15 is 0 Å². The molecule has 1 aromatic carbocycles. The predicted octanol–water partition coefficient (Wildman–Crippen LogP) is 5.99. The van der Waals surface area contributed by atoms with E-state index in [1.807, 2.05) is 39.0 Å². The van der Waals surface area contributed by atoms with Crippen LogP contribution in [0.25, 0.3) is 10.2 Å². The number of thiazole rings is 1. The van der Waals surface area contributed by atoms with Crippen molar-refractivity contribution in [2.24, 2.45) is 17.3 Å². The lowest BCUT2D eigenvalue weighted by Crippen LogP contribution is -2.46. The molecule has 36 heavy (non-hydrogen) atoms. The number of ketones is 1. The minimum atomic E-state index is -1.29. The van der Waals surface area contributed by atoms with Crippen molar-refractivity contribution in [1.29, 1.82) is 0 Å². The van der Waals surface area contributed by atoms with Crippen LogP contribution < -0.4 is 0 Å². The summed E-state index contributed by atoms with van der Waals surface area (Å²) >= 11 is 1.56. The molecule has 0 unspecified atom stereocenters. The monoisotopic (exact) mass is 519 g/mol. The maximum absolute atomic E-state index is 14.7. The first-order valence-corrected chi connectivity index (χ1v) is 13.6. The molecule has 5 atom stereocenters. The zero-order valence-corrected chi connectivity index (χ0v) is 22.6. The smallest absolute Gasteiger partial charge is 0.309 e. The number of rotatable bonds is 2. The summed E-state index contributed by atoms with van der Waals surface area (Å²) in [5, 5.41) is 22.7. The van der Waals surface area contributed by atoms with E-state index in [0.29, 0.717) is 24.8 Å². The van der Waals surface area contributed by atoms with Crippen molar-refractivity contribution in [3.05, 3.63) is 40.7 Å². The van der Waals surface area contributed by atoms with Gasteiger partial charge in [-0.1, -0.05) is 33.8 Å². The topological polar surface area (TPSA) is 96.7 Å². The van der Waals surface area contributed by atoms with Crippen LogP contribution in [0.15, 0.2) is 30.1 Å². The minimum Gasteiger partial charge on any atom is -0.457 e. The first kappa shape index (κ1) is 28.4. The number of halogens is 1. The number of nitrogens with zero attached hydrogens (tertiary/aromatic N) is 1. The molecule has 0 spiro atoms. The van der Waals surface area contributed by atoms with Crippen LogP contribution in [-0.2, 0) is 14.3 Å². The lowest BCUT2D eigenvalue weighted by Gasteiger charge is -2.35. The average molecular weight is 520 g/mol. The Labute approximate surface area is 216 Å². The number of aliphatic hydroxyl groups excluding tert-OH is 2. The number of aryl methyl sites for hydroxylation is 1. The Hall–Kier alpha value is -2.16. The van der Waals surface area contributed by atoms with Gasteiger partial charge in [0.05, 0.1) is 45.1 Å². The Balaban J connectivity index is 1.92. The molecule has 8 heteroatoms. The van der Waals surface area contributed by atoms with E-state index in [1.165, 1.54) is 6.08 Å². The van der Waals surface area contributed by atoms with Gasteiger partial charge in [0.2, 0.25) is 0 Å². The molecule has 0 saturated carbocycles. The number of esters is 1. The van der Waals surface area contributed by atoms with Gasteiger partial charge in [-0.15, -0.1) is 11.3 Å². The predicted molar refractivity (Wildman–Crippen MR) is 139 cm³/mol. The van der Waals surface area contributed by atoms with Gasteiger partial charge in [0.15, 0.2) is 0 Å². The number of aromatic nitrogens is 1. The maximum atomic E-state index is 14.7. The van der Waals surface area contributed by atoms with E-state index in [2.05, 4.69) is 4.98 Å². The molecule has 0 amide bonds. The summed E-state index contributed by atoms with van der Waals surface area (Å²) in [6.07, 6.45) is -0.0657. The second kappa shape index (κ2) is 11.9.